The Labute approximate surface area is 102 Å². The Bertz CT molecular complexity index is 572. The number of hydrogen-bond donors (Lipinski definition) is 1. The fourth-order valence-corrected chi connectivity index (χ4v) is 3.07. The highest BCUT2D eigenvalue weighted by atomic mass is 32.1. The van der Waals surface area contributed by atoms with Crippen LogP contribution in [0.2, 0.25) is 0 Å². The minimum atomic E-state index is -0.273. The van der Waals surface area contributed by atoms with E-state index in [1.807, 2.05) is 24.3 Å². The predicted molar refractivity (Wildman–Crippen MR) is 64.7 cm³/mol. The minimum absolute atomic E-state index is 0.188. The van der Waals surface area contributed by atoms with E-state index in [9.17, 15) is 9.59 Å². The van der Waals surface area contributed by atoms with E-state index < -0.39 is 0 Å². The van der Waals surface area contributed by atoms with Gasteiger partial charge in [0.25, 0.3) is 0 Å². The first-order valence-electron chi connectivity index (χ1n) is 5.43. The largest absolute Gasteiger partial charge is 0.296 e. The number of rotatable bonds is 1. The molecule has 1 aromatic carbocycles. The van der Waals surface area contributed by atoms with Gasteiger partial charge in [-0.1, -0.05) is 12.1 Å². The number of aromatic nitrogens is 1. The first-order chi connectivity index (χ1) is 8.24. The Hall–Kier alpha value is -1.75. The van der Waals surface area contributed by atoms with Gasteiger partial charge in [-0.05, 0) is 18.6 Å². The molecule has 0 spiro atoms. The fraction of sp³-hybridized carbons (Fsp3) is 0.250. The van der Waals surface area contributed by atoms with Gasteiger partial charge in [0.15, 0.2) is 0 Å². The molecule has 1 atom stereocenters. The molecule has 1 aliphatic rings. The van der Waals surface area contributed by atoms with E-state index >= 15 is 0 Å². The molecule has 17 heavy (non-hydrogen) atoms. The number of imide groups is 1. The van der Waals surface area contributed by atoms with E-state index in [-0.39, 0.29) is 17.7 Å². The number of carbonyl (C=O) groups is 2. The summed E-state index contributed by atoms with van der Waals surface area (Å²) in [4.78, 5) is 27.2. The predicted octanol–water partition coefficient (Wildman–Crippen LogP) is 1.82. The summed E-state index contributed by atoms with van der Waals surface area (Å²) in [5.74, 6) is -0.683. The van der Waals surface area contributed by atoms with Crippen molar-refractivity contribution in [3.8, 4) is 0 Å². The number of fused-ring (bicyclic) bond motifs is 1. The van der Waals surface area contributed by atoms with Crippen molar-refractivity contribution in [3.05, 3.63) is 29.3 Å². The van der Waals surface area contributed by atoms with Gasteiger partial charge in [-0.15, -0.1) is 11.3 Å². The van der Waals surface area contributed by atoms with Gasteiger partial charge in [0.1, 0.15) is 5.01 Å². The smallest absolute Gasteiger partial charge is 0.236 e. The van der Waals surface area contributed by atoms with Crippen molar-refractivity contribution >= 4 is 33.4 Å². The number of piperidine rings is 1. The average molecular weight is 246 g/mol. The summed E-state index contributed by atoms with van der Waals surface area (Å²) < 4.78 is 1.08. The molecule has 2 amide bonds. The van der Waals surface area contributed by atoms with Crippen LogP contribution in [0.4, 0.5) is 0 Å². The van der Waals surface area contributed by atoms with Crippen molar-refractivity contribution in [1.29, 1.82) is 0 Å². The van der Waals surface area contributed by atoms with Crippen LogP contribution in [0.1, 0.15) is 23.8 Å². The SMILES string of the molecule is O=C1CCC(c2nc3ccccc3s2)C(=O)N1. The fourth-order valence-electron chi connectivity index (χ4n) is 1.97. The lowest BCUT2D eigenvalue weighted by molar-refractivity contribution is -0.134. The molecule has 1 aromatic heterocycles. The maximum absolute atomic E-state index is 11.7. The molecule has 1 saturated heterocycles. The topological polar surface area (TPSA) is 59.1 Å². The van der Waals surface area contributed by atoms with E-state index in [4.69, 9.17) is 0 Å². The van der Waals surface area contributed by atoms with Crippen LogP contribution < -0.4 is 5.32 Å². The van der Waals surface area contributed by atoms with Gasteiger partial charge < -0.3 is 0 Å². The van der Waals surface area contributed by atoms with Crippen molar-refractivity contribution in [1.82, 2.24) is 10.3 Å². The third-order valence-electron chi connectivity index (χ3n) is 2.85. The molecule has 0 aliphatic carbocycles. The molecule has 2 aromatic rings. The van der Waals surface area contributed by atoms with Crippen molar-refractivity contribution in [2.45, 2.75) is 18.8 Å². The molecule has 4 nitrogen and oxygen atoms in total. The maximum atomic E-state index is 11.7. The number of amides is 2. The Morgan fingerprint density at radius 3 is 2.88 bits per heavy atom. The highest BCUT2D eigenvalue weighted by Crippen LogP contribution is 2.31. The highest BCUT2D eigenvalue weighted by molar-refractivity contribution is 7.18. The average Bonchev–Trinajstić information content (AvgIpc) is 2.72. The quantitative estimate of drug-likeness (QED) is 0.781. The molecule has 0 bridgehead atoms. The molecule has 1 unspecified atom stereocenters. The number of carbonyl (C=O) groups excluding carboxylic acids is 2. The molecule has 2 heterocycles. The van der Waals surface area contributed by atoms with Gasteiger partial charge >= 0.3 is 0 Å². The van der Waals surface area contributed by atoms with Gasteiger partial charge in [-0.3, -0.25) is 14.9 Å². The summed E-state index contributed by atoms with van der Waals surface area (Å²) in [7, 11) is 0. The molecule has 3 rings (SSSR count). The van der Waals surface area contributed by atoms with Crippen LogP contribution in [0.3, 0.4) is 0 Å². The Kier molecular flexibility index (Phi) is 2.40. The number of benzene rings is 1. The molecular weight excluding hydrogens is 236 g/mol. The summed E-state index contributed by atoms with van der Waals surface area (Å²) in [6, 6.07) is 7.80. The summed E-state index contributed by atoms with van der Waals surface area (Å²) in [5.41, 5.74) is 0.914. The molecule has 5 heteroatoms. The second kappa shape index (κ2) is 3.92. The van der Waals surface area contributed by atoms with Gasteiger partial charge in [0, 0.05) is 6.42 Å². The summed E-state index contributed by atoms with van der Waals surface area (Å²) >= 11 is 1.53. The highest BCUT2D eigenvalue weighted by Gasteiger charge is 2.30. The van der Waals surface area contributed by atoms with E-state index in [0.717, 1.165) is 15.2 Å². The first-order valence-corrected chi connectivity index (χ1v) is 6.25. The normalized spacial score (nSPS) is 20.6. The maximum Gasteiger partial charge on any atom is 0.236 e. The van der Waals surface area contributed by atoms with Crippen molar-refractivity contribution in [3.63, 3.8) is 0 Å². The van der Waals surface area contributed by atoms with Crippen LogP contribution in [0.25, 0.3) is 10.2 Å². The van der Waals surface area contributed by atoms with Gasteiger partial charge in [-0.25, -0.2) is 4.98 Å². The third-order valence-corrected chi connectivity index (χ3v) is 4.00. The molecule has 0 radical (unpaired) electrons. The molecule has 1 fully saturated rings. The number of para-hydroxylation sites is 1. The van der Waals surface area contributed by atoms with Crippen LogP contribution in [-0.4, -0.2) is 16.8 Å². The lowest BCUT2D eigenvalue weighted by Crippen LogP contribution is -2.39. The zero-order valence-corrected chi connectivity index (χ0v) is 9.79. The van der Waals surface area contributed by atoms with Crippen molar-refractivity contribution in [2.75, 3.05) is 0 Å². The van der Waals surface area contributed by atoms with Crippen LogP contribution in [0, 0.1) is 0 Å². The second-order valence-corrected chi connectivity index (χ2v) is 5.09. The van der Waals surface area contributed by atoms with Gasteiger partial charge in [-0.2, -0.15) is 0 Å². The van der Waals surface area contributed by atoms with Crippen molar-refractivity contribution < 1.29 is 9.59 Å². The monoisotopic (exact) mass is 246 g/mol. The lowest BCUT2D eigenvalue weighted by Gasteiger charge is -2.18. The summed E-state index contributed by atoms with van der Waals surface area (Å²) in [6.07, 6.45) is 0.955. The van der Waals surface area contributed by atoms with Crippen LogP contribution in [0.15, 0.2) is 24.3 Å². The van der Waals surface area contributed by atoms with Crippen LogP contribution in [-0.2, 0) is 9.59 Å². The zero-order valence-electron chi connectivity index (χ0n) is 8.97. The van der Waals surface area contributed by atoms with E-state index in [0.29, 0.717) is 12.8 Å². The van der Waals surface area contributed by atoms with Gasteiger partial charge in [0.2, 0.25) is 11.8 Å². The number of nitrogens with zero attached hydrogens (tertiary/aromatic N) is 1. The number of nitrogens with one attached hydrogen (secondary N) is 1. The van der Waals surface area contributed by atoms with Crippen molar-refractivity contribution in [2.24, 2.45) is 0 Å². The molecular formula is C12H10N2O2S. The lowest BCUT2D eigenvalue weighted by atomic mass is 9.99. The number of hydrogen-bond acceptors (Lipinski definition) is 4. The standard InChI is InChI=1S/C12H10N2O2S/c15-10-6-5-7(11(16)14-10)12-13-8-3-1-2-4-9(8)17-12/h1-4,7H,5-6H2,(H,14,15,16). The number of thiazole rings is 1. The Morgan fingerprint density at radius 1 is 1.29 bits per heavy atom. The third kappa shape index (κ3) is 1.82. The van der Waals surface area contributed by atoms with Crippen LogP contribution >= 0.6 is 11.3 Å². The van der Waals surface area contributed by atoms with Crippen LogP contribution in [0.5, 0.6) is 0 Å². The van der Waals surface area contributed by atoms with E-state index in [2.05, 4.69) is 10.3 Å². The molecule has 1 N–H and O–H groups in total. The van der Waals surface area contributed by atoms with E-state index in [1.54, 1.807) is 0 Å². The first kappa shape index (κ1) is 10.4. The second-order valence-electron chi connectivity index (χ2n) is 4.02. The summed E-state index contributed by atoms with van der Waals surface area (Å²) in [5, 5.41) is 3.16. The van der Waals surface area contributed by atoms with E-state index in [1.165, 1.54) is 11.3 Å². The summed E-state index contributed by atoms with van der Waals surface area (Å²) in [6.45, 7) is 0. The molecule has 86 valence electrons. The molecule has 1 aliphatic heterocycles. The minimum Gasteiger partial charge on any atom is -0.296 e. The Balaban J connectivity index is 1.98. The molecule has 0 saturated carbocycles. The zero-order chi connectivity index (χ0) is 11.8. The van der Waals surface area contributed by atoms with Gasteiger partial charge in [0.05, 0.1) is 16.1 Å². The Morgan fingerprint density at radius 2 is 2.12 bits per heavy atom.